The van der Waals surface area contributed by atoms with E-state index in [9.17, 15) is 29.8 Å². The Hall–Kier alpha value is -3.82. The lowest BCUT2D eigenvalue weighted by molar-refractivity contribution is -0.385. The Bertz CT molecular complexity index is 898. The SMILES string of the molecule is C[C@H](CNC(=O)c1cccc([N+](=O)[O-])c1)NC(=O)c1cccc([N+](=O)[O-])c1. The van der Waals surface area contributed by atoms with Gasteiger partial charge in [0.2, 0.25) is 0 Å². The third-order valence-corrected chi connectivity index (χ3v) is 3.58. The van der Waals surface area contributed by atoms with Gasteiger partial charge >= 0.3 is 0 Å². The van der Waals surface area contributed by atoms with Crippen LogP contribution in [0, 0.1) is 20.2 Å². The molecule has 10 nitrogen and oxygen atoms in total. The number of non-ortho nitro benzene ring substituents is 2. The Morgan fingerprint density at radius 1 is 0.926 bits per heavy atom. The molecule has 2 rings (SSSR count). The molecule has 0 aliphatic heterocycles. The maximum absolute atomic E-state index is 12.1. The molecule has 0 saturated heterocycles. The lowest BCUT2D eigenvalue weighted by atomic mass is 10.1. The van der Waals surface area contributed by atoms with E-state index in [1.54, 1.807) is 6.92 Å². The first-order valence-electron chi connectivity index (χ1n) is 7.86. The molecule has 140 valence electrons. The zero-order valence-corrected chi connectivity index (χ0v) is 14.2. The summed E-state index contributed by atoms with van der Waals surface area (Å²) in [5.74, 6) is -1.04. The number of carbonyl (C=O) groups is 2. The molecule has 0 aromatic heterocycles. The van der Waals surface area contributed by atoms with Gasteiger partial charge in [0, 0.05) is 48.0 Å². The maximum atomic E-state index is 12.1. The lowest BCUT2D eigenvalue weighted by Crippen LogP contribution is -2.41. The van der Waals surface area contributed by atoms with E-state index in [-0.39, 0.29) is 29.0 Å². The topological polar surface area (TPSA) is 144 Å². The molecule has 2 N–H and O–H groups in total. The number of nitrogens with one attached hydrogen (secondary N) is 2. The Labute approximate surface area is 153 Å². The highest BCUT2D eigenvalue weighted by atomic mass is 16.6. The van der Waals surface area contributed by atoms with Crippen LogP contribution in [0.4, 0.5) is 11.4 Å². The van der Waals surface area contributed by atoms with Crippen LogP contribution in [-0.2, 0) is 0 Å². The normalized spacial score (nSPS) is 11.3. The molecule has 0 aliphatic carbocycles. The number of nitro benzene ring substituents is 2. The first-order valence-corrected chi connectivity index (χ1v) is 7.86. The predicted molar refractivity (Wildman–Crippen MR) is 95.5 cm³/mol. The van der Waals surface area contributed by atoms with Crippen molar-refractivity contribution < 1.29 is 19.4 Å². The van der Waals surface area contributed by atoms with Gasteiger partial charge in [-0.05, 0) is 19.1 Å². The quantitative estimate of drug-likeness (QED) is 0.562. The van der Waals surface area contributed by atoms with E-state index in [1.165, 1.54) is 36.4 Å². The highest BCUT2D eigenvalue weighted by Gasteiger charge is 2.15. The second-order valence-corrected chi connectivity index (χ2v) is 5.70. The van der Waals surface area contributed by atoms with Crippen LogP contribution in [0.25, 0.3) is 0 Å². The van der Waals surface area contributed by atoms with E-state index >= 15 is 0 Å². The van der Waals surface area contributed by atoms with Crippen LogP contribution in [0.3, 0.4) is 0 Å². The summed E-state index contributed by atoms with van der Waals surface area (Å²) in [5, 5.41) is 26.7. The molecule has 0 aliphatic rings. The highest BCUT2D eigenvalue weighted by molar-refractivity contribution is 5.96. The standard InChI is InChI=1S/C17H16N4O6/c1-11(19-17(23)13-5-3-7-15(9-13)21(26)27)10-18-16(22)12-4-2-6-14(8-12)20(24)25/h2-9,11H,10H2,1H3,(H,18,22)(H,19,23)/t11-/m1/s1. The van der Waals surface area contributed by atoms with Crippen LogP contribution < -0.4 is 10.6 Å². The third-order valence-electron chi connectivity index (χ3n) is 3.58. The van der Waals surface area contributed by atoms with Crippen molar-refractivity contribution >= 4 is 23.2 Å². The Morgan fingerprint density at radius 2 is 1.41 bits per heavy atom. The maximum Gasteiger partial charge on any atom is 0.270 e. The fourth-order valence-electron chi connectivity index (χ4n) is 2.23. The van der Waals surface area contributed by atoms with Gasteiger partial charge in [0.15, 0.2) is 0 Å². The van der Waals surface area contributed by atoms with E-state index < -0.39 is 27.7 Å². The van der Waals surface area contributed by atoms with Crippen LogP contribution in [0.15, 0.2) is 48.5 Å². The van der Waals surface area contributed by atoms with Gasteiger partial charge in [0.25, 0.3) is 23.2 Å². The van der Waals surface area contributed by atoms with Crippen molar-refractivity contribution in [3.8, 4) is 0 Å². The number of amides is 2. The van der Waals surface area contributed by atoms with Crippen LogP contribution in [0.5, 0.6) is 0 Å². The molecule has 0 fully saturated rings. The summed E-state index contributed by atoms with van der Waals surface area (Å²) in [6.07, 6.45) is 0. The molecule has 0 radical (unpaired) electrons. The first kappa shape index (κ1) is 19.5. The van der Waals surface area contributed by atoms with E-state index in [0.29, 0.717) is 0 Å². The number of hydrogen-bond acceptors (Lipinski definition) is 6. The molecule has 0 bridgehead atoms. The lowest BCUT2D eigenvalue weighted by Gasteiger charge is -2.15. The van der Waals surface area contributed by atoms with Gasteiger partial charge in [-0.3, -0.25) is 29.8 Å². The van der Waals surface area contributed by atoms with Gasteiger partial charge in [-0.2, -0.15) is 0 Å². The zero-order valence-electron chi connectivity index (χ0n) is 14.2. The molecule has 0 spiro atoms. The molecular formula is C17H16N4O6. The molecule has 2 aromatic carbocycles. The Kier molecular flexibility index (Phi) is 6.15. The number of nitrogens with zero attached hydrogens (tertiary/aromatic N) is 2. The fourth-order valence-corrected chi connectivity index (χ4v) is 2.23. The first-order chi connectivity index (χ1) is 12.8. The van der Waals surface area contributed by atoms with Crippen molar-refractivity contribution in [2.75, 3.05) is 6.54 Å². The molecule has 0 unspecified atom stereocenters. The summed E-state index contributed by atoms with van der Waals surface area (Å²) in [4.78, 5) is 44.5. The van der Waals surface area contributed by atoms with Crippen molar-refractivity contribution in [2.45, 2.75) is 13.0 Å². The highest BCUT2D eigenvalue weighted by Crippen LogP contribution is 2.14. The third kappa shape index (κ3) is 5.33. The average Bonchev–Trinajstić information content (AvgIpc) is 2.66. The smallest absolute Gasteiger partial charge is 0.270 e. The minimum absolute atomic E-state index is 0.0716. The van der Waals surface area contributed by atoms with Crippen molar-refractivity contribution in [2.24, 2.45) is 0 Å². The van der Waals surface area contributed by atoms with Gasteiger partial charge in [-0.1, -0.05) is 12.1 Å². The number of nitro groups is 2. The van der Waals surface area contributed by atoms with Crippen LogP contribution in [0.1, 0.15) is 27.6 Å². The fraction of sp³-hybridized carbons (Fsp3) is 0.176. The molecule has 10 heteroatoms. The van der Waals surface area contributed by atoms with E-state index in [2.05, 4.69) is 10.6 Å². The molecule has 2 aromatic rings. The van der Waals surface area contributed by atoms with Crippen molar-refractivity contribution in [3.63, 3.8) is 0 Å². The minimum Gasteiger partial charge on any atom is -0.350 e. The number of benzene rings is 2. The van der Waals surface area contributed by atoms with Crippen molar-refractivity contribution in [3.05, 3.63) is 79.9 Å². The summed E-state index contributed by atoms with van der Waals surface area (Å²) in [6, 6.07) is 10.1. The van der Waals surface area contributed by atoms with Crippen LogP contribution in [0.2, 0.25) is 0 Å². The Balaban J connectivity index is 1.93. The van der Waals surface area contributed by atoms with Crippen LogP contribution in [-0.4, -0.2) is 34.2 Å². The van der Waals surface area contributed by atoms with Crippen LogP contribution >= 0.6 is 0 Å². The minimum atomic E-state index is -0.599. The molecule has 1 atom stereocenters. The van der Waals surface area contributed by atoms with Crippen molar-refractivity contribution in [1.29, 1.82) is 0 Å². The van der Waals surface area contributed by atoms with E-state index in [0.717, 1.165) is 12.1 Å². The van der Waals surface area contributed by atoms with Gasteiger partial charge < -0.3 is 10.6 Å². The van der Waals surface area contributed by atoms with Gasteiger partial charge in [0.05, 0.1) is 9.85 Å². The number of carbonyl (C=O) groups excluding carboxylic acids is 2. The summed E-state index contributed by atoms with van der Waals surface area (Å²) >= 11 is 0. The molecule has 0 saturated carbocycles. The van der Waals surface area contributed by atoms with Crippen molar-refractivity contribution in [1.82, 2.24) is 10.6 Å². The average molecular weight is 372 g/mol. The Morgan fingerprint density at radius 3 is 1.89 bits per heavy atom. The second-order valence-electron chi connectivity index (χ2n) is 5.70. The molecular weight excluding hydrogens is 356 g/mol. The number of rotatable bonds is 7. The summed E-state index contributed by atoms with van der Waals surface area (Å²) in [7, 11) is 0. The monoisotopic (exact) mass is 372 g/mol. The molecule has 2 amide bonds. The number of hydrogen-bond donors (Lipinski definition) is 2. The van der Waals surface area contributed by atoms with E-state index in [1.807, 2.05) is 0 Å². The molecule has 0 heterocycles. The predicted octanol–water partition coefficient (Wildman–Crippen LogP) is 2.05. The van der Waals surface area contributed by atoms with E-state index in [4.69, 9.17) is 0 Å². The summed E-state index contributed by atoms with van der Waals surface area (Å²) in [6.45, 7) is 1.71. The second kappa shape index (κ2) is 8.52. The van der Waals surface area contributed by atoms with Gasteiger partial charge in [-0.25, -0.2) is 0 Å². The zero-order chi connectivity index (χ0) is 20.0. The van der Waals surface area contributed by atoms with Gasteiger partial charge in [-0.15, -0.1) is 0 Å². The van der Waals surface area contributed by atoms with Gasteiger partial charge in [0.1, 0.15) is 0 Å². The molecule has 27 heavy (non-hydrogen) atoms. The largest absolute Gasteiger partial charge is 0.350 e. The summed E-state index contributed by atoms with van der Waals surface area (Å²) in [5.41, 5.74) is -0.147. The summed E-state index contributed by atoms with van der Waals surface area (Å²) < 4.78 is 0.